The maximum atomic E-state index is 12.2. The monoisotopic (exact) mass is 436 g/mol. The van der Waals surface area contributed by atoms with Crippen molar-refractivity contribution >= 4 is 30.0 Å². The second-order valence-electron chi connectivity index (χ2n) is 7.03. The summed E-state index contributed by atoms with van der Waals surface area (Å²) in [5.74, 6) is -3.18. The minimum Gasteiger partial charge on any atom is -0.465 e. The van der Waals surface area contributed by atoms with Crippen molar-refractivity contribution in [3.63, 3.8) is 0 Å². The van der Waals surface area contributed by atoms with Crippen molar-refractivity contribution in [2.45, 2.75) is 52.3 Å². The van der Waals surface area contributed by atoms with Gasteiger partial charge < -0.3 is 23.7 Å². The van der Waals surface area contributed by atoms with Crippen molar-refractivity contribution in [2.75, 3.05) is 7.11 Å². The Hall–Kier alpha value is -3.27. The number of Topliss-reactive ketones (excluding diaryl/α,β-unsaturated/α-hetero) is 1. The second kappa shape index (κ2) is 10.2. The quantitative estimate of drug-likeness (QED) is 0.352. The lowest BCUT2D eigenvalue weighted by molar-refractivity contribution is -0.261. The lowest BCUT2D eigenvalue weighted by Gasteiger charge is -2.43. The zero-order chi connectivity index (χ0) is 23.3. The number of carbonyl (C=O) groups is 5. The van der Waals surface area contributed by atoms with E-state index < -0.39 is 48.4 Å². The number of aldehydes is 1. The van der Waals surface area contributed by atoms with E-state index in [-0.39, 0.29) is 22.7 Å². The van der Waals surface area contributed by atoms with Crippen LogP contribution in [0.5, 0.6) is 5.75 Å². The van der Waals surface area contributed by atoms with Crippen LogP contribution in [0.15, 0.2) is 18.2 Å². The minimum absolute atomic E-state index is 0.0435. The van der Waals surface area contributed by atoms with E-state index in [0.29, 0.717) is 6.29 Å². The van der Waals surface area contributed by atoms with Gasteiger partial charge in [0.05, 0.1) is 7.11 Å². The Balaban J connectivity index is 2.50. The zero-order valence-electron chi connectivity index (χ0n) is 17.8. The van der Waals surface area contributed by atoms with E-state index in [9.17, 15) is 24.0 Å². The van der Waals surface area contributed by atoms with E-state index in [1.165, 1.54) is 32.0 Å². The SMILES string of the molecule is COC(=O)c1cc(C=O)ccc1O[C@@H]1OC(C(C)=O)[C@H](C)[C@H](OC(C)=O)[C@@H]1OC(C)=O. The molecule has 10 nitrogen and oxygen atoms in total. The van der Waals surface area contributed by atoms with Gasteiger partial charge in [-0.1, -0.05) is 6.92 Å². The molecule has 0 N–H and O–H groups in total. The first kappa shape index (κ1) is 24.0. The van der Waals surface area contributed by atoms with Gasteiger partial charge in [-0.25, -0.2) is 4.79 Å². The molecular weight excluding hydrogens is 412 g/mol. The first-order valence-corrected chi connectivity index (χ1v) is 9.43. The van der Waals surface area contributed by atoms with Crippen molar-refractivity contribution in [1.82, 2.24) is 0 Å². The molecule has 0 bridgehead atoms. The molecule has 10 heteroatoms. The minimum atomic E-state index is -1.40. The summed E-state index contributed by atoms with van der Waals surface area (Å²) in [5, 5.41) is 0. The average Bonchev–Trinajstić information content (AvgIpc) is 2.71. The molecule has 1 aliphatic rings. The standard InChI is InChI=1S/C21H24O10/c1-10-17(11(2)23)31-21(19(29-13(4)25)18(10)28-12(3)24)30-16-7-6-14(9-22)8-15(16)20(26)27-5/h6-10,17-19,21H,1-5H3/t10-,17?,18-,19-,21+/m0/s1. The molecule has 168 valence electrons. The molecule has 1 saturated heterocycles. The Morgan fingerprint density at radius 1 is 1.00 bits per heavy atom. The summed E-state index contributed by atoms with van der Waals surface area (Å²) in [5.41, 5.74) is 0.112. The summed E-state index contributed by atoms with van der Waals surface area (Å²) in [4.78, 5) is 58.8. The van der Waals surface area contributed by atoms with Gasteiger partial charge in [-0.3, -0.25) is 19.2 Å². The van der Waals surface area contributed by atoms with Crippen LogP contribution in [-0.2, 0) is 33.3 Å². The van der Waals surface area contributed by atoms with Crippen LogP contribution in [0.4, 0.5) is 0 Å². The number of benzene rings is 1. The van der Waals surface area contributed by atoms with Gasteiger partial charge in [0.2, 0.25) is 12.4 Å². The number of carbonyl (C=O) groups excluding carboxylic acids is 5. The van der Waals surface area contributed by atoms with E-state index >= 15 is 0 Å². The Labute approximate surface area is 178 Å². The molecule has 1 aromatic carbocycles. The van der Waals surface area contributed by atoms with E-state index in [4.69, 9.17) is 23.7 Å². The van der Waals surface area contributed by atoms with Gasteiger partial charge in [0, 0.05) is 25.3 Å². The van der Waals surface area contributed by atoms with Gasteiger partial charge in [-0.2, -0.15) is 0 Å². The normalized spacial score (nSPS) is 25.1. The number of esters is 3. The molecule has 1 heterocycles. The first-order valence-electron chi connectivity index (χ1n) is 9.43. The Morgan fingerprint density at radius 3 is 2.13 bits per heavy atom. The Kier molecular flexibility index (Phi) is 7.87. The highest BCUT2D eigenvalue weighted by Gasteiger charge is 2.50. The molecule has 1 aromatic rings. The zero-order valence-corrected chi connectivity index (χ0v) is 17.8. The van der Waals surface area contributed by atoms with Crippen LogP contribution in [-0.4, -0.2) is 61.7 Å². The van der Waals surface area contributed by atoms with E-state index in [1.54, 1.807) is 6.92 Å². The van der Waals surface area contributed by atoms with Crippen LogP contribution >= 0.6 is 0 Å². The van der Waals surface area contributed by atoms with Gasteiger partial charge >= 0.3 is 17.9 Å². The topological polar surface area (TPSA) is 132 Å². The van der Waals surface area contributed by atoms with Crippen LogP contribution in [0, 0.1) is 5.92 Å². The number of ether oxygens (including phenoxy) is 5. The van der Waals surface area contributed by atoms with Crippen LogP contribution < -0.4 is 4.74 Å². The predicted molar refractivity (Wildman–Crippen MR) is 103 cm³/mol. The Morgan fingerprint density at radius 2 is 1.61 bits per heavy atom. The van der Waals surface area contributed by atoms with E-state index in [1.807, 2.05) is 0 Å². The molecule has 0 amide bonds. The van der Waals surface area contributed by atoms with Gasteiger partial charge in [0.15, 0.2) is 11.9 Å². The molecule has 1 fully saturated rings. The van der Waals surface area contributed by atoms with E-state index in [2.05, 4.69) is 0 Å². The molecule has 0 saturated carbocycles. The van der Waals surface area contributed by atoms with Crippen molar-refractivity contribution < 1.29 is 47.7 Å². The number of ketones is 1. The fourth-order valence-electron chi connectivity index (χ4n) is 3.33. The summed E-state index contributed by atoms with van der Waals surface area (Å²) in [6.07, 6.45) is -4.17. The largest absolute Gasteiger partial charge is 0.465 e. The first-order chi connectivity index (χ1) is 14.6. The molecule has 0 aliphatic carbocycles. The van der Waals surface area contributed by atoms with Gasteiger partial charge in [-0.15, -0.1) is 0 Å². The van der Waals surface area contributed by atoms with Crippen LogP contribution in [0.1, 0.15) is 48.4 Å². The number of methoxy groups -OCH3 is 1. The van der Waals surface area contributed by atoms with Crippen LogP contribution in [0.2, 0.25) is 0 Å². The summed E-state index contributed by atoms with van der Waals surface area (Å²) < 4.78 is 26.9. The average molecular weight is 436 g/mol. The summed E-state index contributed by atoms with van der Waals surface area (Å²) in [6, 6.07) is 3.99. The molecule has 0 spiro atoms. The lowest BCUT2D eigenvalue weighted by atomic mass is 9.88. The summed E-state index contributed by atoms with van der Waals surface area (Å²) in [7, 11) is 1.16. The summed E-state index contributed by atoms with van der Waals surface area (Å²) in [6.45, 7) is 5.25. The summed E-state index contributed by atoms with van der Waals surface area (Å²) >= 11 is 0. The van der Waals surface area contributed by atoms with Crippen molar-refractivity contribution in [3.05, 3.63) is 29.3 Å². The van der Waals surface area contributed by atoms with Crippen LogP contribution in [0.25, 0.3) is 0 Å². The maximum Gasteiger partial charge on any atom is 0.341 e. The van der Waals surface area contributed by atoms with Gasteiger partial charge in [-0.05, 0) is 25.1 Å². The fraction of sp³-hybridized carbons (Fsp3) is 0.476. The highest BCUT2D eigenvalue weighted by atomic mass is 16.7. The predicted octanol–water partition coefficient (Wildman–Crippen LogP) is 1.48. The van der Waals surface area contributed by atoms with E-state index in [0.717, 1.165) is 14.0 Å². The third-order valence-electron chi connectivity index (χ3n) is 4.66. The number of hydrogen-bond acceptors (Lipinski definition) is 10. The highest BCUT2D eigenvalue weighted by Crippen LogP contribution is 2.33. The maximum absolute atomic E-state index is 12.2. The van der Waals surface area contributed by atoms with Gasteiger partial charge in [0.1, 0.15) is 23.7 Å². The molecule has 31 heavy (non-hydrogen) atoms. The number of hydrogen-bond donors (Lipinski definition) is 0. The van der Waals surface area contributed by atoms with Gasteiger partial charge in [0.25, 0.3) is 0 Å². The molecule has 0 radical (unpaired) electrons. The molecule has 0 aromatic heterocycles. The fourth-order valence-corrected chi connectivity index (χ4v) is 3.33. The number of rotatable bonds is 7. The smallest absolute Gasteiger partial charge is 0.341 e. The molecular formula is C21H24O10. The second-order valence-corrected chi connectivity index (χ2v) is 7.03. The molecule has 1 unspecified atom stereocenters. The lowest BCUT2D eigenvalue weighted by Crippen LogP contribution is -2.59. The molecule has 1 aliphatic heterocycles. The van der Waals surface area contributed by atoms with Crippen LogP contribution in [0.3, 0.4) is 0 Å². The highest BCUT2D eigenvalue weighted by molar-refractivity contribution is 5.94. The third-order valence-corrected chi connectivity index (χ3v) is 4.66. The Bertz CT molecular complexity index is 877. The molecule has 2 rings (SSSR count). The van der Waals surface area contributed by atoms with Crippen molar-refractivity contribution in [1.29, 1.82) is 0 Å². The van der Waals surface area contributed by atoms with Crippen molar-refractivity contribution in [2.24, 2.45) is 5.92 Å². The van der Waals surface area contributed by atoms with Crippen molar-refractivity contribution in [3.8, 4) is 5.75 Å². The molecule has 5 atom stereocenters. The third kappa shape index (κ3) is 5.66.